The highest BCUT2D eigenvalue weighted by Gasteiger charge is 2.22. The molecule has 1 saturated carbocycles. The van der Waals surface area contributed by atoms with Crippen molar-refractivity contribution >= 4 is 11.6 Å². The first-order valence-corrected chi connectivity index (χ1v) is 6.59. The predicted molar refractivity (Wildman–Crippen MR) is 64.0 cm³/mol. The summed E-state index contributed by atoms with van der Waals surface area (Å²) in [6, 6.07) is 0.575. The first-order valence-electron chi connectivity index (χ1n) is 6.15. The number of alkyl halides is 1. The van der Waals surface area contributed by atoms with Crippen LogP contribution in [0.2, 0.25) is 0 Å². The van der Waals surface area contributed by atoms with Crippen LogP contribution >= 0.6 is 11.6 Å². The molecule has 14 heavy (non-hydrogen) atoms. The van der Waals surface area contributed by atoms with Gasteiger partial charge in [0.05, 0.1) is 0 Å². The van der Waals surface area contributed by atoms with Crippen LogP contribution in [0.1, 0.15) is 52.4 Å². The Hall–Kier alpha value is 0.250. The normalized spacial score (nSPS) is 28.3. The number of nitrogens with one attached hydrogen (secondary N) is 1. The molecule has 1 N–H and O–H groups in total. The molecule has 1 nitrogen and oxygen atoms in total. The molecule has 1 fully saturated rings. The van der Waals surface area contributed by atoms with Crippen LogP contribution in [0.15, 0.2) is 0 Å². The van der Waals surface area contributed by atoms with Gasteiger partial charge in [-0.05, 0) is 25.3 Å². The molecule has 0 aromatic rings. The molecule has 0 aromatic heterocycles. The van der Waals surface area contributed by atoms with Gasteiger partial charge in [0.2, 0.25) is 0 Å². The first-order chi connectivity index (χ1) is 6.77. The van der Waals surface area contributed by atoms with E-state index in [0.717, 1.165) is 12.5 Å². The lowest BCUT2D eigenvalue weighted by atomic mass is 9.94. The fourth-order valence-electron chi connectivity index (χ4n) is 2.21. The molecule has 2 unspecified atom stereocenters. The molecule has 84 valence electrons. The molecule has 1 aliphatic carbocycles. The van der Waals surface area contributed by atoms with Gasteiger partial charge in [-0.3, -0.25) is 0 Å². The minimum absolute atomic E-state index is 0.373. The Morgan fingerprint density at radius 1 is 1.21 bits per heavy atom. The zero-order chi connectivity index (χ0) is 10.4. The second-order valence-electron chi connectivity index (χ2n) is 4.50. The van der Waals surface area contributed by atoms with Gasteiger partial charge in [0, 0.05) is 11.4 Å². The minimum Gasteiger partial charge on any atom is -0.312 e. The van der Waals surface area contributed by atoms with Crippen molar-refractivity contribution in [1.29, 1.82) is 0 Å². The van der Waals surface area contributed by atoms with Crippen molar-refractivity contribution in [1.82, 2.24) is 5.32 Å². The smallest absolute Gasteiger partial charge is 0.0489 e. The molecule has 2 heteroatoms. The van der Waals surface area contributed by atoms with Gasteiger partial charge in [-0.25, -0.2) is 0 Å². The average molecular weight is 218 g/mol. The van der Waals surface area contributed by atoms with E-state index in [0.29, 0.717) is 11.4 Å². The average Bonchev–Trinajstić information content (AvgIpc) is 2.22. The molecule has 1 rings (SSSR count). The maximum absolute atomic E-state index is 6.29. The summed E-state index contributed by atoms with van der Waals surface area (Å²) < 4.78 is 0. The first kappa shape index (κ1) is 12.3. The lowest BCUT2D eigenvalue weighted by molar-refractivity contribution is 0.343. The molecule has 1 aliphatic rings. The van der Waals surface area contributed by atoms with Gasteiger partial charge in [0.15, 0.2) is 0 Å². The lowest BCUT2D eigenvalue weighted by Gasteiger charge is -2.29. The number of halogens is 1. The largest absolute Gasteiger partial charge is 0.312 e. The van der Waals surface area contributed by atoms with Crippen LogP contribution in [-0.4, -0.2) is 18.0 Å². The third-order valence-corrected chi connectivity index (χ3v) is 4.03. The second-order valence-corrected chi connectivity index (χ2v) is 5.06. The van der Waals surface area contributed by atoms with Crippen molar-refractivity contribution in [3.8, 4) is 0 Å². The van der Waals surface area contributed by atoms with Crippen LogP contribution in [0.4, 0.5) is 0 Å². The molecule has 2 atom stereocenters. The molecule has 0 spiro atoms. The summed E-state index contributed by atoms with van der Waals surface area (Å²) in [7, 11) is 0. The summed E-state index contributed by atoms with van der Waals surface area (Å²) in [6.45, 7) is 5.70. The summed E-state index contributed by atoms with van der Waals surface area (Å²) in [5, 5.41) is 4.01. The lowest BCUT2D eigenvalue weighted by Crippen LogP contribution is -2.41. The molecular weight excluding hydrogens is 194 g/mol. The summed E-state index contributed by atoms with van der Waals surface area (Å²) in [6.07, 6.45) is 7.70. The van der Waals surface area contributed by atoms with Crippen molar-refractivity contribution < 1.29 is 0 Å². The molecule has 0 bridgehead atoms. The monoisotopic (exact) mass is 217 g/mol. The maximum atomic E-state index is 6.29. The maximum Gasteiger partial charge on any atom is 0.0489 e. The predicted octanol–water partition coefficient (Wildman–Crippen LogP) is 3.56. The topological polar surface area (TPSA) is 12.0 Å². The number of hydrogen-bond donors (Lipinski definition) is 1. The van der Waals surface area contributed by atoms with Crippen molar-refractivity contribution in [3.63, 3.8) is 0 Å². The van der Waals surface area contributed by atoms with Crippen LogP contribution < -0.4 is 5.32 Å². The van der Waals surface area contributed by atoms with E-state index in [4.69, 9.17) is 11.6 Å². The van der Waals surface area contributed by atoms with E-state index < -0.39 is 0 Å². The fourth-order valence-corrected chi connectivity index (χ4v) is 2.58. The molecule has 0 radical (unpaired) electrons. The molecular formula is C12H24ClN. The van der Waals surface area contributed by atoms with Gasteiger partial charge in [-0.15, -0.1) is 11.6 Å². The van der Waals surface area contributed by atoms with E-state index in [1.54, 1.807) is 0 Å². The minimum atomic E-state index is 0.373. The molecule has 0 aromatic carbocycles. The van der Waals surface area contributed by atoms with Crippen molar-refractivity contribution in [2.24, 2.45) is 5.92 Å². The van der Waals surface area contributed by atoms with Gasteiger partial charge in [-0.2, -0.15) is 0 Å². The van der Waals surface area contributed by atoms with E-state index in [2.05, 4.69) is 19.2 Å². The van der Waals surface area contributed by atoms with Crippen LogP contribution in [0, 0.1) is 5.92 Å². The van der Waals surface area contributed by atoms with Gasteiger partial charge < -0.3 is 5.32 Å². The van der Waals surface area contributed by atoms with Gasteiger partial charge in [0.25, 0.3) is 0 Å². The van der Waals surface area contributed by atoms with Crippen LogP contribution in [0.25, 0.3) is 0 Å². The summed E-state index contributed by atoms with van der Waals surface area (Å²) in [5.74, 6) is 0.834. The second kappa shape index (κ2) is 6.68. The van der Waals surface area contributed by atoms with E-state index in [-0.39, 0.29) is 0 Å². The van der Waals surface area contributed by atoms with Gasteiger partial charge in [0.1, 0.15) is 0 Å². The Kier molecular flexibility index (Phi) is 5.88. The van der Waals surface area contributed by atoms with Crippen molar-refractivity contribution in [2.45, 2.75) is 63.8 Å². The summed E-state index contributed by atoms with van der Waals surface area (Å²) >= 11 is 6.29. The van der Waals surface area contributed by atoms with Crippen molar-refractivity contribution in [3.05, 3.63) is 0 Å². The number of hydrogen-bond acceptors (Lipinski definition) is 1. The summed E-state index contributed by atoms with van der Waals surface area (Å²) in [5.41, 5.74) is 0. The van der Waals surface area contributed by atoms with E-state index >= 15 is 0 Å². The molecule has 0 amide bonds. The van der Waals surface area contributed by atoms with E-state index in [9.17, 15) is 0 Å². The Labute approximate surface area is 93.6 Å². The highest BCUT2D eigenvalue weighted by molar-refractivity contribution is 6.21. The zero-order valence-electron chi connectivity index (χ0n) is 9.56. The Bertz CT molecular complexity index is 145. The number of rotatable bonds is 5. The highest BCUT2D eigenvalue weighted by atomic mass is 35.5. The Morgan fingerprint density at radius 3 is 2.43 bits per heavy atom. The van der Waals surface area contributed by atoms with E-state index in [1.807, 2.05) is 0 Å². The highest BCUT2D eigenvalue weighted by Crippen LogP contribution is 2.23. The van der Waals surface area contributed by atoms with Crippen molar-refractivity contribution in [2.75, 3.05) is 6.54 Å². The van der Waals surface area contributed by atoms with E-state index in [1.165, 1.54) is 38.5 Å². The zero-order valence-corrected chi connectivity index (χ0v) is 10.3. The standard InChI is InChI=1S/C12H24ClN/c1-3-10(4-2)9-14-12-8-6-5-7-11(12)13/h10-12,14H,3-9H2,1-2H3. The Balaban J connectivity index is 2.21. The third-order valence-electron chi connectivity index (χ3n) is 3.51. The molecule has 0 heterocycles. The SMILES string of the molecule is CCC(CC)CNC1CCCCC1Cl. The molecule has 0 aliphatic heterocycles. The van der Waals surface area contributed by atoms with Crippen LogP contribution in [0.3, 0.4) is 0 Å². The fraction of sp³-hybridized carbons (Fsp3) is 1.00. The quantitative estimate of drug-likeness (QED) is 0.695. The van der Waals surface area contributed by atoms with Crippen LogP contribution in [-0.2, 0) is 0 Å². The summed E-state index contributed by atoms with van der Waals surface area (Å²) in [4.78, 5) is 0. The van der Waals surface area contributed by atoms with Gasteiger partial charge in [-0.1, -0.05) is 39.5 Å². The molecule has 0 saturated heterocycles. The van der Waals surface area contributed by atoms with Crippen LogP contribution in [0.5, 0.6) is 0 Å². The third kappa shape index (κ3) is 3.78. The Morgan fingerprint density at radius 2 is 1.86 bits per heavy atom. The van der Waals surface area contributed by atoms with Gasteiger partial charge >= 0.3 is 0 Å².